The maximum atomic E-state index is 13.5. The van der Waals surface area contributed by atoms with E-state index in [1.54, 1.807) is 12.3 Å². The third-order valence-corrected chi connectivity index (χ3v) is 5.01. The van der Waals surface area contributed by atoms with Crippen LogP contribution in [0.3, 0.4) is 0 Å². The molecule has 27 heavy (non-hydrogen) atoms. The van der Waals surface area contributed by atoms with Gasteiger partial charge in [-0.25, -0.2) is 4.39 Å². The van der Waals surface area contributed by atoms with Crippen molar-refractivity contribution in [1.82, 2.24) is 10.2 Å². The third-order valence-electron chi connectivity index (χ3n) is 5.01. The number of rotatable bonds is 1. The van der Waals surface area contributed by atoms with E-state index < -0.39 is 11.4 Å². The molecule has 0 spiro atoms. The zero-order valence-electron chi connectivity index (χ0n) is 14.8. The highest BCUT2D eigenvalue weighted by Crippen LogP contribution is 2.44. The van der Waals surface area contributed by atoms with Crippen LogP contribution in [0.4, 0.5) is 10.1 Å². The predicted molar refractivity (Wildman–Crippen MR) is 101 cm³/mol. The first-order chi connectivity index (χ1) is 12.9. The molecule has 3 aromatic rings. The van der Waals surface area contributed by atoms with Gasteiger partial charge in [0.15, 0.2) is 0 Å². The molecule has 1 aromatic heterocycles. The molecule has 6 heteroatoms. The highest BCUT2D eigenvalue weighted by atomic mass is 19.1. The molecule has 0 radical (unpaired) electrons. The Morgan fingerprint density at radius 3 is 2.85 bits per heavy atom. The SMILES string of the molecule is CC1(C)O/C(=C2/C(=O)Nc3cc(F)ccc32)C=C1c1ccc2[nH]ncc2c1. The monoisotopic (exact) mass is 361 g/mol. The number of ether oxygens (including phenoxy) is 1. The average molecular weight is 361 g/mol. The predicted octanol–water partition coefficient (Wildman–Crippen LogP) is 4.26. The highest BCUT2D eigenvalue weighted by Gasteiger charge is 2.38. The van der Waals surface area contributed by atoms with Crippen molar-refractivity contribution in [2.75, 3.05) is 5.32 Å². The van der Waals surface area contributed by atoms with Crippen molar-refractivity contribution in [3.05, 3.63) is 71.4 Å². The van der Waals surface area contributed by atoms with E-state index in [4.69, 9.17) is 4.74 Å². The van der Waals surface area contributed by atoms with Crippen LogP contribution in [-0.2, 0) is 9.53 Å². The van der Waals surface area contributed by atoms with E-state index in [2.05, 4.69) is 15.5 Å². The van der Waals surface area contributed by atoms with Gasteiger partial charge in [-0.05, 0) is 55.8 Å². The van der Waals surface area contributed by atoms with Gasteiger partial charge < -0.3 is 10.1 Å². The van der Waals surface area contributed by atoms with Crippen molar-refractivity contribution in [1.29, 1.82) is 0 Å². The van der Waals surface area contributed by atoms with Crippen molar-refractivity contribution < 1.29 is 13.9 Å². The van der Waals surface area contributed by atoms with Crippen LogP contribution in [0.1, 0.15) is 25.0 Å². The minimum atomic E-state index is -0.608. The lowest BCUT2D eigenvalue weighted by Crippen LogP contribution is -2.21. The Bertz CT molecular complexity index is 1190. The standard InChI is InChI=1S/C21H16FN3O2/c1-21(2)15(11-3-6-16-12(7-11)10-23-25-16)9-18(27-21)19-14-5-4-13(22)8-17(14)24-20(19)26/h3-10H,1-2H3,(H,23,25)(H,24,26)/b19-18+. The number of benzene rings is 2. The van der Waals surface area contributed by atoms with Crippen LogP contribution in [0, 0.1) is 5.82 Å². The first-order valence-electron chi connectivity index (χ1n) is 8.63. The topological polar surface area (TPSA) is 67.0 Å². The molecule has 1 amide bonds. The van der Waals surface area contributed by atoms with Gasteiger partial charge in [-0.1, -0.05) is 6.07 Å². The fourth-order valence-corrected chi connectivity index (χ4v) is 3.72. The van der Waals surface area contributed by atoms with Crippen LogP contribution in [0.2, 0.25) is 0 Å². The van der Waals surface area contributed by atoms with Gasteiger partial charge in [0, 0.05) is 16.5 Å². The summed E-state index contributed by atoms with van der Waals surface area (Å²) in [6.07, 6.45) is 3.67. The smallest absolute Gasteiger partial charge is 0.260 e. The molecule has 0 fully saturated rings. The first kappa shape index (κ1) is 15.8. The Morgan fingerprint density at radius 1 is 1.15 bits per heavy atom. The van der Waals surface area contributed by atoms with Crippen molar-refractivity contribution in [3.63, 3.8) is 0 Å². The van der Waals surface area contributed by atoms with Crippen LogP contribution < -0.4 is 5.32 Å². The summed E-state index contributed by atoms with van der Waals surface area (Å²) in [7, 11) is 0. The Labute approximate surface area is 154 Å². The lowest BCUT2D eigenvalue weighted by molar-refractivity contribution is -0.111. The number of anilines is 1. The molecule has 134 valence electrons. The maximum Gasteiger partial charge on any atom is 0.260 e. The summed E-state index contributed by atoms with van der Waals surface area (Å²) in [4.78, 5) is 12.5. The number of nitrogens with zero attached hydrogens (tertiary/aromatic N) is 1. The number of nitrogens with one attached hydrogen (secondary N) is 2. The zero-order chi connectivity index (χ0) is 18.8. The second-order valence-corrected chi connectivity index (χ2v) is 7.23. The fraction of sp³-hybridized carbons (Fsp3) is 0.143. The summed E-state index contributed by atoms with van der Waals surface area (Å²) in [6.45, 7) is 3.93. The van der Waals surface area contributed by atoms with Crippen LogP contribution in [0.15, 0.2) is 54.4 Å². The molecule has 2 N–H and O–H groups in total. The first-order valence-corrected chi connectivity index (χ1v) is 8.63. The molecule has 2 aromatic carbocycles. The summed E-state index contributed by atoms with van der Waals surface area (Å²) in [5.41, 5.74) is 3.86. The fourth-order valence-electron chi connectivity index (χ4n) is 3.72. The third kappa shape index (κ3) is 2.37. The number of aromatic amines is 1. The number of aromatic nitrogens is 2. The largest absolute Gasteiger partial charge is 0.482 e. The number of carbonyl (C=O) groups excluding carboxylic acids is 1. The molecular formula is C21H16FN3O2. The number of carbonyl (C=O) groups is 1. The molecule has 5 nitrogen and oxygen atoms in total. The maximum absolute atomic E-state index is 13.5. The van der Waals surface area contributed by atoms with Crippen molar-refractivity contribution in [2.45, 2.75) is 19.4 Å². The number of allylic oxidation sites excluding steroid dienone is 1. The molecule has 2 aliphatic heterocycles. The normalized spacial score (nSPS) is 20.4. The van der Waals surface area contributed by atoms with Crippen molar-refractivity contribution >= 4 is 33.6 Å². The molecule has 3 heterocycles. The van der Waals surface area contributed by atoms with E-state index in [1.165, 1.54) is 12.1 Å². The molecular weight excluding hydrogens is 345 g/mol. The Kier molecular flexibility index (Phi) is 3.10. The van der Waals surface area contributed by atoms with Crippen molar-refractivity contribution in [3.8, 4) is 0 Å². The van der Waals surface area contributed by atoms with Gasteiger partial charge in [0.05, 0.1) is 23.0 Å². The number of fused-ring (bicyclic) bond motifs is 2. The molecule has 0 atom stereocenters. The molecule has 0 aliphatic carbocycles. The van der Waals surface area contributed by atoms with Gasteiger partial charge in [0.2, 0.25) is 0 Å². The van der Waals surface area contributed by atoms with Gasteiger partial charge in [-0.2, -0.15) is 5.10 Å². The molecule has 2 aliphatic rings. The summed E-state index contributed by atoms with van der Waals surface area (Å²) in [6, 6.07) is 10.3. The lowest BCUT2D eigenvalue weighted by Gasteiger charge is -2.23. The summed E-state index contributed by atoms with van der Waals surface area (Å²) in [5, 5.41) is 10.7. The van der Waals surface area contributed by atoms with Crippen LogP contribution in [0.5, 0.6) is 0 Å². The van der Waals surface area contributed by atoms with Gasteiger partial charge in [0.25, 0.3) is 5.91 Å². The summed E-state index contributed by atoms with van der Waals surface area (Å²) in [5.74, 6) is -0.188. The van der Waals surface area contributed by atoms with E-state index in [0.29, 0.717) is 22.6 Å². The van der Waals surface area contributed by atoms with E-state index in [1.807, 2.05) is 38.1 Å². The average Bonchev–Trinajstić information content (AvgIpc) is 3.28. The minimum Gasteiger partial charge on any atom is -0.482 e. The molecule has 0 bridgehead atoms. The molecule has 5 rings (SSSR count). The molecule has 0 saturated heterocycles. The van der Waals surface area contributed by atoms with Crippen LogP contribution in [-0.4, -0.2) is 21.7 Å². The van der Waals surface area contributed by atoms with Crippen LogP contribution in [0.25, 0.3) is 22.0 Å². The molecule has 0 saturated carbocycles. The number of hydrogen-bond acceptors (Lipinski definition) is 3. The summed E-state index contributed by atoms with van der Waals surface area (Å²) < 4.78 is 19.6. The van der Waals surface area contributed by atoms with Gasteiger partial charge >= 0.3 is 0 Å². The number of amides is 1. The summed E-state index contributed by atoms with van der Waals surface area (Å²) >= 11 is 0. The quantitative estimate of drug-likeness (QED) is 0.637. The Balaban J connectivity index is 1.67. The number of halogens is 1. The second kappa shape index (κ2) is 5.30. The van der Waals surface area contributed by atoms with Gasteiger partial charge in [-0.15, -0.1) is 0 Å². The number of hydrogen-bond donors (Lipinski definition) is 2. The second-order valence-electron chi connectivity index (χ2n) is 7.23. The minimum absolute atomic E-state index is 0.288. The number of H-pyrrole nitrogens is 1. The van der Waals surface area contributed by atoms with E-state index in [9.17, 15) is 9.18 Å². The zero-order valence-corrected chi connectivity index (χ0v) is 14.8. The van der Waals surface area contributed by atoms with Crippen molar-refractivity contribution in [2.24, 2.45) is 0 Å². The van der Waals surface area contributed by atoms with E-state index in [0.717, 1.165) is 22.0 Å². The Hall–Kier alpha value is -3.41. The Morgan fingerprint density at radius 2 is 2.00 bits per heavy atom. The highest BCUT2D eigenvalue weighted by molar-refractivity contribution is 6.32. The van der Waals surface area contributed by atoms with Gasteiger partial charge in [-0.3, -0.25) is 9.89 Å². The van der Waals surface area contributed by atoms with E-state index >= 15 is 0 Å². The van der Waals surface area contributed by atoms with Gasteiger partial charge in [0.1, 0.15) is 17.2 Å². The lowest BCUT2D eigenvalue weighted by atomic mass is 9.91. The van der Waals surface area contributed by atoms with Crippen LogP contribution >= 0.6 is 0 Å². The van der Waals surface area contributed by atoms with E-state index in [-0.39, 0.29) is 5.91 Å². The molecule has 0 unspecified atom stereocenters.